The van der Waals surface area contributed by atoms with E-state index in [0.717, 1.165) is 6.42 Å². The minimum atomic E-state index is -3.50. The first-order chi connectivity index (χ1) is 12.0. The van der Waals surface area contributed by atoms with Gasteiger partial charge < -0.3 is 9.30 Å². The normalized spacial score (nSPS) is 11.4. The molecule has 1 heterocycles. The molecule has 0 atom stereocenters. The minimum absolute atomic E-state index is 0.115. The van der Waals surface area contributed by atoms with Gasteiger partial charge in [-0.1, -0.05) is 36.9 Å². The van der Waals surface area contributed by atoms with Crippen LogP contribution in [-0.4, -0.2) is 41.5 Å². The molecular formula is C16H21N3O4S2. The van der Waals surface area contributed by atoms with Crippen molar-refractivity contribution >= 4 is 27.6 Å². The molecule has 0 spiro atoms. The van der Waals surface area contributed by atoms with E-state index in [4.69, 9.17) is 4.74 Å². The summed E-state index contributed by atoms with van der Waals surface area (Å²) in [6.07, 6.45) is 0.767. The predicted molar refractivity (Wildman–Crippen MR) is 95.0 cm³/mol. The number of benzene rings is 1. The Labute approximate surface area is 151 Å². The van der Waals surface area contributed by atoms with Gasteiger partial charge in [0.25, 0.3) is 0 Å². The molecule has 25 heavy (non-hydrogen) atoms. The van der Waals surface area contributed by atoms with Crippen LogP contribution in [0.25, 0.3) is 0 Å². The summed E-state index contributed by atoms with van der Waals surface area (Å²) in [5, 5.41) is 8.53. The summed E-state index contributed by atoms with van der Waals surface area (Å²) in [5.74, 6) is -0.0887. The molecule has 0 saturated heterocycles. The second-order valence-electron chi connectivity index (χ2n) is 5.22. The smallest absolute Gasteiger partial charge is 0.316 e. The van der Waals surface area contributed by atoms with Gasteiger partial charge in [-0.05, 0) is 25.5 Å². The standard InChI is InChI=1S/C16H21N3O4S2/c1-3-10-23-15(20)11-24-16-18-17-14(19(16)4-2)12-25(21,22)13-8-6-5-7-9-13/h5-9H,3-4,10-12H2,1-2H3. The number of thioether (sulfide) groups is 1. The van der Waals surface area contributed by atoms with Crippen molar-refractivity contribution in [1.29, 1.82) is 0 Å². The van der Waals surface area contributed by atoms with E-state index in [9.17, 15) is 13.2 Å². The Morgan fingerprint density at radius 2 is 1.92 bits per heavy atom. The van der Waals surface area contributed by atoms with Crippen LogP contribution in [-0.2, 0) is 31.7 Å². The highest BCUT2D eigenvalue weighted by atomic mass is 32.2. The molecule has 1 aromatic carbocycles. The molecule has 0 fully saturated rings. The van der Waals surface area contributed by atoms with Gasteiger partial charge in [0.05, 0.1) is 17.3 Å². The highest BCUT2D eigenvalue weighted by Gasteiger charge is 2.21. The maximum atomic E-state index is 12.5. The van der Waals surface area contributed by atoms with Crippen molar-refractivity contribution in [2.75, 3.05) is 12.4 Å². The van der Waals surface area contributed by atoms with E-state index < -0.39 is 9.84 Å². The number of esters is 1. The topological polar surface area (TPSA) is 91.2 Å². The molecule has 0 aliphatic heterocycles. The van der Waals surface area contributed by atoms with E-state index in [2.05, 4.69) is 10.2 Å². The third-order valence-electron chi connectivity index (χ3n) is 3.32. The monoisotopic (exact) mass is 383 g/mol. The molecular weight excluding hydrogens is 362 g/mol. The van der Waals surface area contributed by atoms with Gasteiger partial charge in [0.15, 0.2) is 15.0 Å². The van der Waals surface area contributed by atoms with E-state index >= 15 is 0 Å². The SMILES string of the molecule is CCCOC(=O)CSc1nnc(CS(=O)(=O)c2ccccc2)n1CC. The first-order valence-corrected chi connectivity index (χ1v) is 10.6. The number of hydrogen-bond acceptors (Lipinski definition) is 7. The van der Waals surface area contributed by atoms with Crippen LogP contribution >= 0.6 is 11.8 Å². The number of ether oxygens (including phenoxy) is 1. The predicted octanol–water partition coefficient (Wildman–Crippen LogP) is 2.32. The summed E-state index contributed by atoms with van der Waals surface area (Å²) in [6.45, 7) is 4.70. The zero-order valence-corrected chi connectivity index (χ0v) is 15.8. The van der Waals surface area contributed by atoms with Crippen LogP contribution < -0.4 is 0 Å². The van der Waals surface area contributed by atoms with E-state index in [1.165, 1.54) is 11.8 Å². The fourth-order valence-corrected chi connectivity index (χ4v) is 4.22. The summed E-state index contributed by atoms with van der Waals surface area (Å²) in [5.41, 5.74) is 0. The zero-order valence-electron chi connectivity index (χ0n) is 14.2. The largest absolute Gasteiger partial charge is 0.465 e. The molecule has 7 nitrogen and oxygen atoms in total. The Hall–Kier alpha value is -1.87. The lowest BCUT2D eigenvalue weighted by molar-refractivity contribution is -0.140. The number of aromatic nitrogens is 3. The molecule has 0 amide bonds. The third-order valence-corrected chi connectivity index (χ3v) is 5.89. The van der Waals surface area contributed by atoms with Crippen molar-refractivity contribution in [3.63, 3.8) is 0 Å². The van der Waals surface area contributed by atoms with Crippen LogP contribution in [0.1, 0.15) is 26.1 Å². The summed E-state index contributed by atoms with van der Waals surface area (Å²) < 4.78 is 31.7. The van der Waals surface area contributed by atoms with Crippen molar-refractivity contribution in [2.24, 2.45) is 0 Å². The quantitative estimate of drug-likeness (QED) is 0.485. The van der Waals surface area contributed by atoms with Gasteiger partial charge in [-0.25, -0.2) is 8.42 Å². The van der Waals surface area contributed by atoms with Gasteiger partial charge >= 0.3 is 5.97 Å². The molecule has 0 bridgehead atoms. The molecule has 0 saturated carbocycles. The van der Waals surface area contributed by atoms with Crippen LogP contribution in [0.4, 0.5) is 0 Å². The highest BCUT2D eigenvalue weighted by molar-refractivity contribution is 7.99. The van der Waals surface area contributed by atoms with Crippen LogP contribution in [0.15, 0.2) is 40.4 Å². The number of nitrogens with zero attached hydrogens (tertiary/aromatic N) is 3. The Balaban J connectivity index is 2.10. The fraction of sp³-hybridized carbons (Fsp3) is 0.438. The van der Waals surface area contributed by atoms with E-state index in [1.54, 1.807) is 34.9 Å². The maximum absolute atomic E-state index is 12.5. The number of rotatable bonds is 9. The average Bonchev–Trinajstić information content (AvgIpc) is 2.99. The third kappa shape index (κ3) is 5.30. The number of carbonyl (C=O) groups is 1. The molecule has 0 radical (unpaired) electrons. The number of sulfone groups is 1. The average molecular weight is 383 g/mol. The van der Waals surface area contributed by atoms with Gasteiger partial charge in [-0.3, -0.25) is 4.79 Å². The highest BCUT2D eigenvalue weighted by Crippen LogP contribution is 2.21. The Bertz CT molecular complexity index is 804. The lowest BCUT2D eigenvalue weighted by atomic mass is 10.4. The minimum Gasteiger partial charge on any atom is -0.465 e. The van der Waals surface area contributed by atoms with Crippen molar-refractivity contribution in [3.05, 3.63) is 36.2 Å². The van der Waals surface area contributed by atoms with Gasteiger partial charge in [-0.2, -0.15) is 0 Å². The van der Waals surface area contributed by atoms with Gasteiger partial charge in [0.1, 0.15) is 11.6 Å². The molecule has 2 rings (SSSR count). The molecule has 0 N–H and O–H groups in total. The van der Waals surface area contributed by atoms with E-state index in [-0.39, 0.29) is 22.4 Å². The lowest BCUT2D eigenvalue weighted by Crippen LogP contribution is -2.12. The van der Waals surface area contributed by atoms with Gasteiger partial charge in [0.2, 0.25) is 0 Å². The van der Waals surface area contributed by atoms with Crippen LogP contribution in [0, 0.1) is 0 Å². The fourth-order valence-electron chi connectivity index (χ4n) is 2.11. The van der Waals surface area contributed by atoms with Crippen molar-refractivity contribution in [3.8, 4) is 0 Å². The Morgan fingerprint density at radius 3 is 2.56 bits per heavy atom. The number of hydrogen-bond donors (Lipinski definition) is 0. The lowest BCUT2D eigenvalue weighted by Gasteiger charge is -2.08. The summed E-state index contributed by atoms with van der Waals surface area (Å²) in [7, 11) is -3.50. The van der Waals surface area contributed by atoms with E-state index in [1.807, 2.05) is 13.8 Å². The molecule has 9 heteroatoms. The van der Waals surface area contributed by atoms with Crippen molar-refractivity contribution in [2.45, 2.75) is 42.6 Å². The van der Waals surface area contributed by atoms with Gasteiger partial charge in [-0.15, -0.1) is 10.2 Å². The summed E-state index contributed by atoms with van der Waals surface area (Å²) in [4.78, 5) is 11.8. The van der Waals surface area contributed by atoms with Crippen LogP contribution in [0.2, 0.25) is 0 Å². The molecule has 1 aromatic heterocycles. The number of carbonyl (C=O) groups excluding carboxylic acids is 1. The first-order valence-electron chi connectivity index (χ1n) is 7.96. The van der Waals surface area contributed by atoms with Crippen LogP contribution in [0.5, 0.6) is 0 Å². The summed E-state index contributed by atoms with van der Waals surface area (Å²) in [6, 6.07) is 8.24. The van der Waals surface area contributed by atoms with E-state index in [0.29, 0.717) is 24.1 Å². The molecule has 0 aliphatic rings. The van der Waals surface area contributed by atoms with Gasteiger partial charge in [0, 0.05) is 6.54 Å². The first kappa shape index (κ1) is 19.5. The molecule has 2 aromatic rings. The Morgan fingerprint density at radius 1 is 1.20 bits per heavy atom. The van der Waals surface area contributed by atoms with Crippen molar-refractivity contribution < 1.29 is 17.9 Å². The summed E-state index contributed by atoms with van der Waals surface area (Å²) >= 11 is 1.19. The van der Waals surface area contributed by atoms with Crippen molar-refractivity contribution in [1.82, 2.24) is 14.8 Å². The zero-order chi connectivity index (χ0) is 18.3. The Kier molecular flexibility index (Phi) is 7.01. The second kappa shape index (κ2) is 9.00. The maximum Gasteiger partial charge on any atom is 0.316 e. The van der Waals surface area contributed by atoms with Crippen LogP contribution in [0.3, 0.4) is 0 Å². The second-order valence-corrected chi connectivity index (χ2v) is 8.16. The molecule has 0 unspecified atom stereocenters. The molecule has 0 aliphatic carbocycles. The molecule has 136 valence electrons.